The Morgan fingerprint density at radius 3 is 2.41 bits per heavy atom. The predicted molar refractivity (Wildman–Crippen MR) is 149 cm³/mol. The van der Waals surface area contributed by atoms with Gasteiger partial charge >= 0.3 is 6.09 Å². The number of carbonyl (C=O) groups is 2. The van der Waals surface area contributed by atoms with Crippen LogP contribution in [0.2, 0.25) is 5.02 Å². The fourth-order valence-electron chi connectivity index (χ4n) is 4.52. The monoisotopic (exact) mass is 567 g/mol. The van der Waals surface area contributed by atoms with Crippen LogP contribution in [0.4, 0.5) is 19.3 Å². The summed E-state index contributed by atoms with van der Waals surface area (Å²) in [6.07, 6.45) is 1.19. The van der Waals surface area contributed by atoms with E-state index in [2.05, 4.69) is 5.32 Å². The number of aldehydes is 1. The maximum Gasteiger partial charge on any atom is 0.412 e. The number of nitrogens with one attached hydrogen (secondary N) is 1. The van der Waals surface area contributed by atoms with Crippen molar-refractivity contribution in [2.45, 2.75) is 31.3 Å². The van der Waals surface area contributed by atoms with Crippen LogP contribution in [-0.2, 0) is 14.9 Å². The number of methoxy groups -OCH3 is 1. The molecule has 0 radical (unpaired) electrons. The number of anilines is 1. The summed E-state index contributed by atoms with van der Waals surface area (Å²) in [5.41, 5.74) is 3.73. The molecule has 0 bridgehead atoms. The van der Waals surface area contributed by atoms with Crippen LogP contribution in [0, 0.1) is 10.9 Å². The van der Waals surface area contributed by atoms with Gasteiger partial charge in [-0.1, -0.05) is 54.1 Å². The molecule has 1 aliphatic rings. The zero-order valence-corrected chi connectivity index (χ0v) is 22.7. The van der Waals surface area contributed by atoms with Gasteiger partial charge < -0.3 is 14.3 Å². The van der Waals surface area contributed by atoms with Crippen LogP contribution >= 0.6 is 22.9 Å². The van der Waals surface area contributed by atoms with Gasteiger partial charge in [0.05, 0.1) is 28.1 Å². The SMILES string of the molecule is COc1cc(-c2sc(F)cc2NC(=O)O[C@H](C)c2ccc(F)cc2Cl)ccc1-c1ccc(C2(C=O)CC2)cc1. The lowest BCUT2D eigenvalue weighted by molar-refractivity contribution is -0.109. The number of halogens is 3. The molecule has 1 saturated carbocycles. The topological polar surface area (TPSA) is 64.6 Å². The molecular weight excluding hydrogens is 544 g/mol. The van der Waals surface area contributed by atoms with E-state index in [-0.39, 0.29) is 16.1 Å². The number of hydrogen-bond acceptors (Lipinski definition) is 5. The van der Waals surface area contributed by atoms with E-state index >= 15 is 0 Å². The van der Waals surface area contributed by atoms with Crippen LogP contribution < -0.4 is 10.1 Å². The Hall–Kier alpha value is -3.75. The Bertz CT molecular complexity index is 1550. The lowest BCUT2D eigenvalue weighted by Gasteiger charge is -2.16. The first-order valence-electron chi connectivity index (χ1n) is 12.2. The molecule has 5 nitrogen and oxygen atoms in total. The van der Waals surface area contributed by atoms with Crippen molar-refractivity contribution >= 4 is 41.0 Å². The number of ether oxygens (including phenoxy) is 2. The van der Waals surface area contributed by atoms with Gasteiger partial charge in [-0.2, -0.15) is 4.39 Å². The Morgan fingerprint density at radius 1 is 1.05 bits per heavy atom. The number of thiophene rings is 1. The third-order valence-corrected chi connectivity index (χ3v) is 8.17. The smallest absolute Gasteiger partial charge is 0.412 e. The molecular formula is C30H24ClF2NO4S. The molecule has 1 aromatic heterocycles. The van der Waals surface area contributed by atoms with Gasteiger partial charge in [0.1, 0.15) is 24.0 Å². The molecule has 3 aromatic carbocycles. The molecule has 0 spiro atoms. The second-order valence-electron chi connectivity index (χ2n) is 9.40. The maximum absolute atomic E-state index is 14.4. The summed E-state index contributed by atoms with van der Waals surface area (Å²) in [5, 5.41) is 2.25. The number of rotatable bonds is 8. The van der Waals surface area contributed by atoms with Gasteiger partial charge in [-0.25, -0.2) is 9.18 Å². The van der Waals surface area contributed by atoms with Crippen molar-refractivity contribution in [3.8, 4) is 27.3 Å². The summed E-state index contributed by atoms with van der Waals surface area (Å²) in [7, 11) is 1.55. The van der Waals surface area contributed by atoms with E-state index < -0.39 is 23.1 Å². The molecule has 200 valence electrons. The van der Waals surface area contributed by atoms with Gasteiger partial charge in [0.25, 0.3) is 0 Å². The van der Waals surface area contributed by atoms with Crippen LogP contribution in [0.3, 0.4) is 0 Å². The minimum Gasteiger partial charge on any atom is -0.496 e. The van der Waals surface area contributed by atoms with Crippen molar-refractivity contribution in [1.29, 1.82) is 0 Å². The fraction of sp³-hybridized carbons (Fsp3) is 0.200. The highest BCUT2D eigenvalue weighted by Gasteiger charge is 2.44. The second kappa shape index (κ2) is 10.8. The summed E-state index contributed by atoms with van der Waals surface area (Å²) < 4.78 is 38.8. The summed E-state index contributed by atoms with van der Waals surface area (Å²) in [6, 6.07) is 18.3. The van der Waals surface area contributed by atoms with Crippen LogP contribution in [0.25, 0.3) is 21.6 Å². The van der Waals surface area contributed by atoms with Gasteiger partial charge in [-0.05, 0) is 54.7 Å². The third-order valence-electron chi connectivity index (χ3n) is 6.87. The average Bonchev–Trinajstić information content (AvgIpc) is 3.64. The Labute approximate surface area is 233 Å². The standard InChI is InChI=1S/C30H24ClF2NO4S/c1-17(22-10-8-21(32)14-24(22)31)38-29(36)34-25-15-27(33)39-28(25)19-5-9-23(26(13-19)37-2)18-3-6-20(7-4-18)30(16-35)11-12-30/h3-10,13-17H,11-12H2,1-2H3,(H,34,36)/t17-/m1/s1. The van der Waals surface area contributed by atoms with Crippen LogP contribution in [-0.4, -0.2) is 19.5 Å². The van der Waals surface area contributed by atoms with Gasteiger partial charge in [-0.3, -0.25) is 5.32 Å². The van der Waals surface area contributed by atoms with Gasteiger partial charge in [0, 0.05) is 17.2 Å². The first kappa shape index (κ1) is 26.8. The van der Waals surface area contributed by atoms with Crippen LogP contribution in [0.15, 0.2) is 66.7 Å². The zero-order chi connectivity index (χ0) is 27.7. The molecule has 1 heterocycles. The Kier molecular flexibility index (Phi) is 7.42. The number of benzene rings is 3. The average molecular weight is 568 g/mol. The number of amides is 1. The van der Waals surface area contributed by atoms with Crippen molar-refractivity contribution in [2.24, 2.45) is 0 Å². The molecule has 4 aromatic rings. The van der Waals surface area contributed by atoms with Crippen LogP contribution in [0.1, 0.15) is 37.0 Å². The largest absolute Gasteiger partial charge is 0.496 e. The first-order valence-corrected chi connectivity index (χ1v) is 13.4. The van der Waals surface area contributed by atoms with Gasteiger partial charge in [0.15, 0.2) is 5.13 Å². The molecule has 1 fully saturated rings. The zero-order valence-electron chi connectivity index (χ0n) is 21.1. The highest BCUT2D eigenvalue weighted by atomic mass is 35.5. The molecule has 1 amide bonds. The normalized spacial score (nSPS) is 14.4. The van der Waals surface area contributed by atoms with E-state index in [1.54, 1.807) is 20.1 Å². The second-order valence-corrected chi connectivity index (χ2v) is 10.8. The molecule has 0 saturated heterocycles. The van der Waals surface area contributed by atoms with Crippen molar-refractivity contribution < 1.29 is 27.8 Å². The lowest BCUT2D eigenvalue weighted by Crippen LogP contribution is -2.16. The minimum atomic E-state index is -0.811. The number of hydrogen-bond donors (Lipinski definition) is 1. The third kappa shape index (κ3) is 5.53. The predicted octanol–water partition coefficient (Wildman–Crippen LogP) is 8.56. The van der Waals surface area contributed by atoms with Gasteiger partial charge in [0.2, 0.25) is 0 Å². The van der Waals surface area contributed by atoms with Crippen LogP contribution in [0.5, 0.6) is 5.75 Å². The summed E-state index contributed by atoms with van der Waals surface area (Å²) in [5.74, 6) is 0.0699. The van der Waals surface area contributed by atoms with E-state index in [0.717, 1.165) is 53.2 Å². The summed E-state index contributed by atoms with van der Waals surface area (Å²) >= 11 is 6.95. The van der Waals surface area contributed by atoms with Crippen molar-refractivity contribution in [3.05, 3.63) is 93.8 Å². The number of carbonyl (C=O) groups excluding carboxylic acids is 2. The highest BCUT2D eigenvalue weighted by Crippen LogP contribution is 2.47. The van der Waals surface area contributed by atoms with E-state index in [4.69, 9.17) is 21.1 Å². The molecule has 9 heteroatoms. The molecule has 1 atom stereocenters. The fourth-order valence-corrected chi connectivity index (χ4v) is 5.68. The lowest BCUT2D eigenvalue weighted by atomic mass is 9.94. The van der Waals surface area contributed by atoms with Crippen molar-refractivity contribution in [2.75, 3.05) is 12.4 Å². The minimum absolute atomic E-state index is 0.134. The van der Waals surface area contributed by atoms with E-state index in [1.165, 1.54) is 18.2 Å². The Morgan fingerprint density at radius 2 is 1.77 bits per heavy atom. The molecule has 0 unspecified atom stereocenters. The molecule has 5 rings (SSSR count). The molecule has 0 aliphatic heterocycles. The highest BCUT2D eigenvalue weighted by molar-refractivity contribution is 7.14. The van der Waals surface area contributed by atoms with E-state index in [9.17, 15) is 18.4 Å². The molecule has 1 aliphatic carbocycles. The quantitative estimate of drug-likeness (QED) is 0.217. The summed E-state index contributed by atoms with van der Waals surface area (Å²) in [4.78, 5) is 24.6. The maximum atomic E-state index is 14.4. The van der Waals surface area contributed by atoms with Crippen molar-refractivity contribution in [3.63, 3.8) is 0 Å². The first-order chi connectivity index (χ1) is 18.7. The van der Waals surface area contributed by atoms with E-state index in [0.29, 0.717) is 21.8 Å². The molecule has 1 N–H and O–H groups in total. The van der Waals surface area contributed by atoms with Crippen molar-refractivity contribution in [1.82, 2.24) is 0 Å². The summed E-state index contributed by atoms with van der Waals surface area (Å²) in [6.45, 7) is 1.60. The van der Waals surface area contributed by atoms with Gasteiger partial charge in [-0.15, -0.1) is 11.3 Å². The Balaban J connectivity index is 1.36. The molecule has 39 heavy (non-hydrogen) atoms. The van der Waals surface area contributed by atoms with E-state index in [1.807, 2.05) is 36.4 Å².